The van der Waals surface area contributed by atoms with E-state index in [9.17, 15) is 4.79 Å². The summed E-state index contributed by atoms with van der Waals surface area (Å²) in [6.45, 7) is 4.58. The minimum Gasteiger partial charge on any atom is -0.476 e. The van der Waals surface area contributed by atoms with Crippen LogP contribution in [0.1, 0.15) is 23.5 Å². The second-order valence-corrected chi connectivity index (χ2v) is 4.62. The highest BCUT2D eigenvalue weighted by atomic mass is 32.1. The number of nitrogens with zero attached hydrogens (tertiary/aromatic N) is 2. The molecule has 0 atom stereocenters. The number of anilines is 1. The second kappa shape index (κ2) is 6.85. The van der Waals surface area contributed by atoms with Crippen molar-refractivity contribution in [2.75, 3.05) is 18.5 Å². The molecule has 106 valence electrons. The minimum absolute atomic E-state index is 0.214. The van der Waals surface area contributed by atoms with Crippen LogP contribution in [-0.4, -0.2) is 29.1 Å². The normalized spacial score (nSPS) is 10.1. The van der Waals surface area contributed by atoms with E-state index in [1.165, 1.54) is 17.5 Å². The predicted molar refractivity (Wildman–Crippen MR) is 76.6 cm³/mol. The van der Waals surface area contributed by atoms with Crippen molar-refractivity contribution < 1.29 is 14.3 Å². The number of rotatable bonds is 6. The first-order valence-corrected chi connectivity index (χ1v) is 7.10. The van der Waals surface area contributed by atoms with E-state index in [1.54, 1.807) is 6.07 Å². The number of aromatic nitrogens is 2. The van der Waals surface area contributed by atoms with Crippen molar-refractivity contribution in [1.29, 1.82) is 0 Å². The molecule has 0 bridgehead atoms. The van der Waals surface area contributed by atoms with Gasteiger partial charge in [-0.1, -0.05) is 6.07 Å². The Morgan fingerprint density at radius 2 is 2.15 bits per heavy atom. The molecule has 2 aromatic rings. The van der Waals surface area contributed by atoms with Crippen molar-refractivity contribution in [1.82, 2.24) is 9.97 Å². The topological polar surface area (TPSA) is 73.3 Å². The number of ether oxygens (including phenoxy) is 2. The maximum Gasteiger partial charge on any atom is 0.319 e. The fourth-order valence-electron chi connectivity index (χ4n) is 1.47. The van der Waals surface area contributed by atoms with Crippen LogP contribution in [0.4, 0.5) is 5.69 Å². The van der Waals surface area contributed by atoms with Gasteiger partial charge in [-0.15, -0.1) is 11.3 Å². The third-order valence-electron chi connectivity index (χ3n) is 2.28. The van der Waals surface area contributed by atoms with Gasteiger partial charge in [0, 0.05) is 0 Å². The average Bonchev–Trinajstić information content (AvgIpc) is 2.96. The summed E-state index contributed by atoms with van der Waals surface area (Å²) < 4.78 is 10.6. The molecule has 0 aromatic carbocycles. The summed E-state index contributed by atoms with van der Waals surface area (Å²) in [5.41, 5.74) is 0.425. The van der Waals surface area contributed by atoms with E-state index in [2.05, 4.69) is 15.3 Å². The molecule has 0 radical (unpaired) electrons. The van der Waals surface area contributed by atoms with Crippen LogP contribution in [0.3, 0.4) is 0 Å². The largest absolute Gasteiger partial charge is 0.476 e. The van der Waals surface area contributed by atoms with Crippen molar-refractivity contribution in [3.8, 4) is 11.9 Å². The van der Waals surface area contributed by atoms with Gasteiger partial charge in [-0.3, -0.25) is 4.79 Å². The molecule has 1 N–H and O–H groups in total. The molecular formula is C13H15N3O3S. The molecule has 0 aliphatic heterocycles. The van der Waals surface area contributed by atoms with Crippen LogP contribution in [-0.2, 0) is 0 Å². The number of amides is 1. The monoisotopic (exact) mass is 293 g/mol. The van der Waals surface area contributed by atoms with Crippen molar-refractivity contribution >= 4 is 22.9 Å². The maximum atomic E-state index is 12.0. The fraction of sp³-hybridized carbons (Fsp3) is 0.308. The zero-order valence-electron chi connectivity index (χ0n) is 11.3. The third kappa shape index (κ3) is 3.45. The van der Waals surface area contributed by atoms with Crippen LogP contribution in [0, 0.1) is 0 Å². The molecule has 2 aromatic heterocycles. The van der Waals surface area contributed by atoms with Gasteiger partial charge in [-0.25, -0.2) is 4.98 Å². The Hall–Kier alpha value is -2.15. The summed E-state index contributed by atoms with van der Waals surface area (Å²) in [5, 5.41) is 4.57. The number of carbonyl (C=O) groups excluding carboxylic acids is 1. The molecule has 0 aliphatic rings. The summed E-state index contributed by atoms with van der Waals surface area (Å²) in [7, 11) is 0. The Morgan fingerprint density at radius 1 is 1.35 bits per heavy atom. The first kappa shape index (κ1) is 14.3. The molecule has 6 nitrogen and oxygen atoms in total. The fourth-order valence-corrected chi connectivity index (χ4v) is 2.09. The number of carbonyl (C=O) groups is 1. The molecule has 0 fully saturated rings. The lowest BCUT2D eigenvalue weighted by atomic mass is 10.4. The molecular weight excluding hydrogens is 278 g/mol. The lowest BCUT2D eigenvalue weighted by Crippen LogP contribution is -2.13. The highest BCUT2D eigenvalue weighted by Crippen LogP contribution is 2.24. The zero-order chi connectivity index (χ0) is 14.4. The van der Waals surface area contributed by atoms with Crippen molar-refractivity contribution in [3.05, 3.63) is 28.6 Å². The van der Waals surface area contributed by atoms with Gasteiger partial charge in [0.2, 0.25) is 5.88 Å². The van der Waals surface area contributed by atoms with Crippen LogP contribution in [0.15, 0.2) is 23.7 Å². The van der Waals surface area contributed by atoms with Gasteiger partial charge in [0.05, 0.1) is 24.3 Å². The van der Waals surface area contributed by atoms with E-state index >= 15 is 0 Å². The Balaban J connectivity index is 2.19. The van der Waals surface area contributed by atoms with Gasteiger partial charge < -0.3 is 14.8 Å². The van der Waals surface area contributed by atoms with Gasteiger partial charge in [0.25, 0.3) is 5.91 Å². The molecule has 2 heterocycles. The number of thiophene rings is 1. The minimum atomic E-state index is -0.214. The molecule has 20 heavy (non-hydrogen) atoms. The molecule has 2 rings (SSSR count). The number of nitrogens with one attached hydrogen (secondary N) is 1. The van der Waals surface area contributed by atoms with Crippen LogP contribution in [0.25, 0.3) is 0 Å². The number of hydrogen-bond acceptors (Lipinski definition) is 6. The summed E-state index contributed by atoms with van der Waals surface area (Å²) in [4.78, 5) is 20.8. The van der Waals surface area contributed by atoms with Crippen LogP contribution >= 0.6 is 11.3 Å². The SMILES string of the molecule is CCOc1ncc(NC(=O)c2cccs2)c(OCC)n1. The second-order valence-electron chi connectivity index (χ2n) is 3.67. The van der Waals surface area contributed by atoms with Gasteiger partial charge in [-0.2, -0.15) is 4.98 Å². The van der Waals surface area contributed by atoms with E-state index in [0.29, 0.717) is 29.7 Å². The Morgan fingerprint density at radius 3 is 2.80 bits per heavy atom. The van der Waals surface area contributed by atoms with Crippen molar-refractivity contribution in [2.45, 2.75) is 13.8 Å². The molecule has 7 heteroatoms. The predicted octanol–water partition coefficient (Wildman–Crippen LogP) is 2.59. The average molecular weight is 293 g/mol. The molecule has 0 unspecified atom stereocenters. The Labute approximate surface area is 120 Å². The van der Waals surface area contributed by atoms with Gasteiger partial charge in [0.15, 0.2) is 0 Å². The van der Waals surface area contributed by atoms with E-state index in [1.807, 2.05) is 25.3 Å². The number of hydrogen-bond donors (Lipinski definition) is 1. The van der Waals surface area contributed by atoms with Crippen LogP contribution in [0.2, 0.25) is 0 Å². The van der Waals surface area contributed by atoms with Gasteiger partial charge >= 0.3 is 6.01 Å². The van der Waals surface area contributed by atoms with Gasteiger partial charge in [-0.05, 0) is 25.3 Å². The van der Waals surface area contributed by atoms with Gasteiger partial charge in [0.1, 0.15) is 5.69 Å². The third-order valence-corrected chi connectivity index (χ3v) is 3.15. The molecule has 0 saturated heterocycles. The highest BCUT2D eigenvalue weighted by Gasteiger charge is 2.13. The maximum absolute atomic E-state index is 12.0. The van der Waals surface area contributed by atoms with Crippen molar-refractivity contribution in [2.24, 2.45) is 0 Å². The lowest BCUT2D eigenvalue weighted by Gasteiger charge is -2.10. The lowest BCUT2D eigenvalue weighted by molar-refractivity contribution is 0.102. The molecule has 0 aliphatic carbocycles. The molecule has 1 amide bonds. The molecule has 0 saturated carbocycles. The quantitative estimate of drug-likeness (QED) is 0.886. The summed E-state index contributed by atoms with van der Waals surface area (Å²) in [6, 6.07) is 3.79. The molecule has 0 spiro atoms. The summed E-state index contributed by atoms with van der Waals surface area (Å²) >= 11 is 1.36. The van der Waals surface area contributed by atoms with Crippen LogP contribution in [0.5, 0.6) is 11.9 Å². The first-order chi connectivity index (χ1) is 9.74. The van der Waals surface area contributed by atoms with Crippen LogP contribution < -0.4 is 14.8 Å². The highest BCUT2D eigenvalue weighted by molar-refractivity contribution is 7.12. The standard InChI is InChI=1S/C13H15N3O3S/c1-3-18-12-9(8-14-13(16-12)19-4-2)15-11(17)10-6-5-7-20-10/h5-8H,3-4H2,1-2H3,(H,15,17). The van der Waals surface area contributed by atoms with E-state index in [-0.39, 0.29) is 11.9 Å². The van der Waals surface area contributed by atoms with Crippen molar-refractivity contribution in [3.63, 3.8) is 0 Å². The smallest absolute Gasteiger partial charge is 0.319 e. The summed E-state index contributed by atoms with van der Waals surface area (Å²) in [5.74, 6) is 0.0876. The zero-order valence-corrected chi connectivity index (χ0v) is 12.1. The first-order valence-electron chi connectivity index (χ1n) is 6.22. The Bertz CT molecular complexity index is 572. The van der Waals surface area contributed by atoms with E-state index < -0.39 is 0 Å². The Kier molecular flexibility index (Phi) is 4.89. The van der Waals surface area contributed by atoms with E-state index in [0.717, 1.165) is 0 Å². The summed E-state index contributed by atoms with van der Waals surface area (Å²) in [6.07, 6.45) is 1.48. The van der Waals surface area contributed by atoms with E-state index in [4.69, 9.17) is 9.47 Å².